The van der Waals surface area contributed by atoms with Gasteiger partial charge in [-0.3, -0.25) is 0 Å². The van der Waals surface area contributed by atoms with Crippen LogP contribution in [0.1, 0.15) is 19.8 Å². The predicted octanol–water partition coefficient (Wildman–Crippen LogP) is 0.790. The monoisotopic (exact) mass is 411 g/mol. The molecule has 0 aromatic heterocycles. The minimum absolute atomic E-state index is 0. The lowest BCUT2D eigenvalue weighted by molar-refractivity contribution is 0.335. The van der Waals surface area contributed by atoms with Gasteiger partial charge in [0, 0.05) is 25.7 Å². The molecule has 0 radical (unpaired) electrons. The van der Waals surface area contributed by atoms with Crippen molar-refractivity contribution in [2.24, 2.45) is 0 Å². The highest BCUT2D eigenvalue weighted by Crippen LogP contribution is 2.15. The van der Waals surface area contributed by atoms with E-state index in [1.54, 1.807) is 18.2 Å². The van der Waals surface area contributed by atoms with Crippen LogP contribution < -0.4 is 10.0 Å². The summed E-state index contributed by atoms with van der Waals surface area (Å²) in [6, 6.07) is 7.89. The van der Waals surface area contributed by atoms with Gasteiger partial charge in [0.1, 0.15) is 0 Å². The molecule has 0 spiro atoms. The Balaban J connectivity index is 0.00000312. The van der Waals surface area contributed by atoms with Gasteiger partial charge in [-0.25, -0.2) is 21.6 Å². The van der Waals surface area contributed by atoms with Gasteiger partial charge < -0.3 is 5.32 Å². The van der Waals surface area contributed by atoms with Gasteiger partial charge in [0.15, 0.2) is 0 Å². The fraction of sp³-hybridized carbons (Fsp3) is 0.600. The van der Waals surface area contributed by atoms with Crippen molar-refractivity contribution in [3.63, 3.8) is 0 Å². The van der Waals surface area contributed by atoms with Crippen LogP contribution in [-0.2, 0) is 20.0 Å². The molecule has 1 aromatic rings. The smallest absolute Gasteiger partial charge is 0.240 e. The first-order valence-electron chi connectivity index (χ1n) is 8.12. The molecule has 144 valence electrons. The quantitative estimate of drug-likeness (QED) is 0.626. The lowest BCUT2D eigenvalue weighted by Crippen LogP contribution is -2.45. The average molecular weight is 412 g/mol. The first kappa shape index (κ1) is 22.3. The van der Waals surface area contributed by atoms with Gasteiger partial charge in [0.2, 0.25) is 20.0 Å². The second-order valence-corrected chi connectivity index (χ2v) is 9.59. The molecule has 2 N–H and O–H groups in total. The molecule has 1 unspecified atom stereocenters. The molecule has 0 saturated carbocycles. The maximum atomic E-state index is 12.6. The molecule has 7 nitrogen and oxygen atoms in total. The summed E-state index contributed by atoms with van der Waals surface area (Å²) in [5.74, 6) is -0.241. The largest absolute Gasteiger partial charge is 0.315 e. The molecule has 1 aromatic carbocycles. The van der Waals surface area contributed by atoms with Crippen LogP contribution in [0.4, 0.5) is 0 Å². The minimum atomic E-state index is -3.69. The van der Waals surface area contributed by atoms with Crippen molar-refractivity contribution in [1.82, 2.24) is 14.3 Å². The zero-order chi connectivity index (χ0) is 17.6. The molecule has 1 aliphatic heterocycles. The Labute approximate surface area is 156 Å². The summed E-state index contributed by atoms with van der Waals surface area (Å²) in [5, 5.41) is 3.17. The van der Waals surface area contributed by atoms with Crippen LogP contribution in [0.5, 0.6) is 0 Å². The highest BCUT2D eigenvalue weighted by atomic mass is 35.5. The Bertz CT molecular complexity index is 720. The molecule has 2 rings (SSSR count). The highest BCUT2D eigenvalue weighted by molar-refractivity contribution is 7.90. The third kappa shape index (κ3) is 6.19. The first-order valence-corrected chi connectivity index (χ1v) is 11.2. The fourth-order valence-electron chi connectivity index (χ4n) is 2.76. The van der Waals surface area contributed by atoms with E-state index in [4.69, 9.17) is 0 Å². The first-order chi connectivity index (χ1) is 11.4. The van der Waals surface area contributed by atoms with Gasteiger partial charge >= 0.3 is 0 Å². The summed E-state index contributed by atoms with van der Waals surface area (Å²) in [7, 11) is -7.19. The van der Waals surface area contributed by atoms with Crippen molar-refractivity contribution in [3.05, 3.63) is 30.3 Å². The van der Waals surface area contributed by atoms with Gasteiger partial charge in [0.25, 0.3) is 0 Å². The maximum Gasteiger partial charge on any atom is 0.240 e. The van der Waals surface area contributed by atoms with Crippen molar-refractivity contribution < 1.29 is 16.8 Å². The van der Waals surface area contributed by atoms with Crippen LogP contribution in [0.2, 0.25) is 0 Å². The number of nitrogens with zero attached hydrogens (tertiary/aromatic N) is 1. The zero-order valence-corrected chi connectivity index (χ0v) is 16.7. The van der Waals surface area contributed by atoms with Crippen molar-refractivity contribution in [1.29, 1.82) is 0 Å². The molecule has 10 heteroatoms. The van der Waals surface area contributed by atoms with Crippen molar-refractivity contribution >= 4 is 32.5 Å². The number of hydrogen-bond acceptors (Lipinski definition) is 5. The van der Waals surface area contributed by atoms with Gasteiger partial charge in [-0.15, -0.1) is 12.4 Å². The normalized spacial score (nSPS) is 18.2. The molecular weight excluding hydrogens is 386 g/mol. The molecule has 25 heavy (non-hydrogen) atoms. The van der Waals surface area contributed by atoms with Gasteiger partial charge in [0.05, 0.1) is 10.6 Å². The van der Waals surface area contributed by atoms with Crippen LogP contribution in [0.3, 0.4) is 0 Å². The van der Waals surface area contributed by atoms with E-state index in [2.05, 4.69) is 10.0 Å². The van der Waals surface area contributed by atoms with E-state index in [-0.39, 0.29) is 35.6 Å². The van der Waals surface area contributed by atoms with Crippen LogP contribution in [0.15, 0.2) is 35.2 Å². The molecule has 0 bridgehead atoms. The van der Waals surface area contributed by atoms with Crippen molar-refractivity contribution in [2.45, 2.75) is 30.7 Å². The van der Waals surface area contributed by atoms with E-state index in [0.29, 0.717) is 13.1 Å². The molecule has 1 heterocycles. The molecule has 1 saturated heterocycles. The second-order valence-electron chi connectivity index (χ2n) is 5.78. The Morgan fingerprint density at radius 3 is 2.44 bits per heavy atom. The number of sulfonamides is 2. The van der Waals surface area contributed by atoms with Crippen LogP contribution >= 0.6 is 12.4 Å². The van der Waals surface area contributed by atoms with E-state index in [1.165, 1.54) is 16.4 Å². The van der Waals surface area contributed by atoms with Gasteiger partial charge in [-0.2, -0.15) is 4.31 Å². The Morgan fingerprint density at radius 1 is 1.20 bits per heavy atom. The molecule has 0 amide bonds. The molecule has 1 aliphatic rings. The van der Waals surface area contributed by atoms with E-state index in [9.17, 15) is 16.8 Å². The topological polar surface area (TPSA) is 95.6 Å². The Hall–Kier alpha value is -0.710. The Morgan fingerprint density at radius 2 is 1.88 bits per heavy atom. The molecule has 0 aliphatic carbocycles. The minimum Gasteiger partial charge on any atom is -0.315 e. The maximum absolute atomic E-state index is 12.6. The number of hydrogen-bond donors (Lipinski definition) is 2. The third-order valence-electron chi connectivity index (χ3n) is 3.95. The third-order valence-corrected chi connectivity index (χ3v) is 7.34. The summed E-state index contributed by atoms with van der Waals surface area (Å²) in [6.45, 7) is 3.71. The zero-order valence-electron chi connectivity index (χ0n) is 14.2. The van der Waals surface area contributed by atoms with E-state index < -0.39 is 20.0 Å². The average Bonchev–Trinajstić information content (AvgIpc) is 3.07. The molecule has 1 fully saturated rings. The molecular formula is C15H26ClN3O4S2. The van der Waals surface area contributed by atoms with E-state index >= 15 is 0 Å². The van der Waals surface area contributed by atoms with Gasteiger partial charge in [-0.05, 0) is 31.5 Å². The van der Waals surface area contributed by atoms with E-state index in [0.717, 1.165) is 19.4 Å². The lowest BCUT2D eigenvalue weighted by Gasteiger charge is -2.27. The van der Waals surface area contributed by atoms with E-state index in [1.807, 2.05) is 6.92 Å². The van der Waals surface area contributed by atoms with Crippen LogP contribution in [0.25, 0.3) is 0 Å². The van der Waals surface area contributed by atoms with Crippen molar-refractivity contribution in [3.8, 4) is 0 Å². The van der Waals surface area contributed by atoms with Crippen LogP contribution in [0, 0.1) is 0 Å². The number of benzene rings is 1. The highest BCUT2D eigenvalue weighted by Gasteiger charge is 2.31. The second kappa shape index (κ2) is 9.84. The number of rotatable bonds is 9. The summed E-state index contributed by atoms with van der Waals surface area (Å²) < 4.78 is 53.4. The summed E-state index contributed by atoms with van der Waals surface area (Å²) >= 11 is 0. The van der Waals surface area contributed by atoms with Gasteiger partial charge in [-0.1, -0.05) is 25.1 Å². The summed E-state index contributed by atoms with van der Waals surface area (Å²) in [5.41, 5.74) is 0. The van der Waals surface area contributed by atoms with Crippen LogP contribution in [-0.4, -0.2) is 59.1 Å². The SMILES string of the molecule is CCCN(C1CCNC1)S(=O)(=O)CCNS(=O)(=O)c1ccccc1.Cl. The summed E-state index contributed by atoms with van der Waals surface area (Å²) in [6.07, 6.45) is 1.51. The summed E-state index contributed by atoms with van der Waals surface area (Å²) in [4.78, 5) is 0.132. The van der Waals surface area contributed by atoms with Crippen molar-refractivity contribution in [2.75, 3.05) is 31.9 Å². The molecule has 1 atom stereocenters. The standard InChI is InChI=1S/C15H25N3O4S2.ClH/c1-2-11-18(14-8-9-16-13-14)23(19,20)12-10-17-24(21,22)15-6-4-3-5-7-15;/h3-7,14,16-17H,2,8-13H2,1H3;1H. The fourth-order valence-corrected chi connectivity index (χ4v) is 5.63. The Kier molecular flexibility index (Phi) is 8.79. The number of halogens is 1. The number of nitrogens with one attached hydrogen (secondary N) is 2. The lowest BCUT2D eigenvalue weighted by atomic mass is 10.2. The predicted molar refractivity (Wildman–Crippen MR) is 101 cm³/mol.